The fourth-order valence-electron chi connectivity index (χ4n) is 4.68. The van der Waals surface area contributed by atoms with Crippen LogP contribution in [-0.4, -0.2) is 65.9 Å². The summed E-state index contributed by atoms with van der Waals surface area (Å²) in [6, 6.07) is 10.1. The van der Waals surface area contributed by atoms with Crippen molar-refractivity contribution in [3.8, 4) is 5.75 Å². The number of nitrogens with zero attached hydrogens (tertiary/aromatic N) is 1. The molecular weight excluding hydrogens is 504 g/mol. The number of fused-ring (bicyclic) bond motifs is 1. The van der Waals surface area contributed by atoms with E-state index in [1.54, 1.807) is 44.2 Å². The molecule has 2 aliphatic rings. The molecule has 7 N–H and O–H groups in total. The lowest BCUT2D eigenvalue weighted by Gasteiger charge is -2.50. The van der Waals surface area contributed by atoms with Gasteiger partial charge in [0, 0.05) is 0 Å². The van der Waals surface area contributed by atoms with Crippen LogP contribution in [0.5, 0.6) is 5.75 Å². The number of hydrogen-bond donors (Lipinski definition) is 6. The number of rotatable bonds is 8. The van der Waals surface area contributed by atoms with Gasteiger partial charge < -0.3 is 21.3 Å². The van der Waals surface area contributed by atoms with Gasteiger partial charge in [0.25, 0.3) is 5.91 Å². The summed E-state index contributed by atoms with van der Waals surface area (Å²) in [4.78, 5) is 56.4. The zero-order valence-electron chi connectivity index (χ0n) is 19.8. The number of phenols is 1. The SMILES string of the molecule is CC1(C)S[C@@H]2[C@H](NC(=O)[C@H](N)c3ccc(O)cc3)C(=O)N2[C@@]1(NC(C(=O)OO)c1ccccc1)C(=O)O. The third-order valence-corrected chi connectivity index (χ3v) is 8.25. The van der Waals surface area contributed by atoms with E-state index in [0.29, 0.717) is 11.1 Å². The van der Waals surface area contributed by atoms with E-state index in [4.69, 9.17) is 11.0 Å². The summed E-state index contributed by atoms with van der Waals surface area (Å²) in [6.07, 6.45) is 0. The number of aliphatic carboxylic acids is 1. The van der Waals surface area contributed by atoms with E-state index < -0.39 is 57.7 Å². The minimum Gasteiger partial charge on any atom is -0.508 e. The summed E-state index contributed by atoms with van der Waals surface area (Å²) in [5.41, 5.74) is 4.64. The number of carbonyl (C=O) groups excluding carboxylic acids is 3. The van der Waals surface area contributed by atoms with Crippen molar-refractivity contribution in [2.24, 2.45) is 5.73 Å². The molecule has 2 aromatic carbocycles. The molecular formula is C24H26N4O8S. The normalized spacial score (nSPS) is 25.4. The zero-order chi connectivity index (χ0) is 27.1. The molecule has 196 valence electrons. The molecule has 0 saturated carbocycles. The molecule has 2 amide bonds. The van der Waals surface area contributed by atoms with Gasteiger partial charge in [-0.15, -0.1) is 11.8 Å². The number of nitrogens with one attached hydrogen (secondary N) is 2. The number of amides is 2. The second-order valence-electron chi connectivity index (χ2n) is 9.20. The van der Waals surface area contributed by atoms with Crippen LogP contribution in [0.15, 0.2) is 54.6 Å². The van der Waals surface area contributed by atoms with Crippen LogP contribution >= 0.6 is 11.8 Å². The van der Waals surface area contributed by atoms with Crippen molar-refractivity contribution in [3.63, 3.8) is 0 Å². The van der Waals surface area contributed by atoms with Gasteiger partial charge in [-0.05, 0) is 37.1 Å². The van der Waals surface area contributed by atoms with Crippen LogP contribution < -0.4 is 16.4 Å². The van der Waals surface area contributed by atoms with Gasteiger partial charge in [-0.3, -0.25) is 24.7 Å². The average molecular weight is 531 g/mol. The van der Waals surface area contributed by atoms with Crippen LogP contribution in [0.4, 0.5) is 0 Å². The first-order chi connectivity index (χ1) is 17.4. The minimum absolute atomic E-state index is 0.00200. The maximum absolute atomic E-state index is 13.3. The highest BCUT2D eigenvalue weighted by atomic mass is 32.2. The molecule has 2 saturated heterocycles. The molecule has 0 aromatic heterocycles. The lowest BCUT2D eigenvalue weighted by atomic mass is 9.87. The van der Waals surface area contributed by atoms with Gasteiger partial charge in [-0.1, -0.05) is 42.5 Å². The molecule has 0 radical (unpaired) electrons. The average Bonchev–Trinajstić information content (AvgIpc) is 3.10. The van der Waals surface area contributed by atoms with Crippen LogP contribution in [0, 0.1) is 0 Å². The molecule has 4 rings (SSSR count). The molecule has 2 aromatic rings. The van der Waals surface area contributed by atoms with Gasteiger partial charge in [0.05, 0.1) is 4.75 Å². The zero-order valence-corrected chi connectivity index (χ0v) is 20.6. The quantitative estimate of drug-likeness (QED) is 0.160. The van der Waals surface area contributed by atoms with Crippen LogP contribution in [0.3, 0.4) is 0 Å². The number of phenolic OH excluding ortho intramolecular Hbond substituents is 1. The molecule has 2 aliphatic heterocycles. The maximum Gasteiger partial charge on any atom is 0.363 e. The van der Waals surface area contributed by atoms with E-state index in [9.17, 15) is 29.4 Å². The summed E-state index contributed by atoms with van der Waals surface area (Å²) in [5.74, 6) is -3.93. The van der Waals surface area contributed by atoms with E-state index in [2.05, 4.69) is 15.5 Å². The summed E-state index contributed by atoms with van der Waals surface area (Å²) < 4.78 is -1.21. The summed E-state index contributed by atoms with van der Waals surface area (Å²) in [5, 5.41) is 33.5. The van der Waals surface area contributed by atoms with E-state index >= 15 is 0 Å². The first kappa shape index (κ1) is 26.4. The van der Waals surface area contributed by atoms with Gasteiger partial charge in [-0.2, -0.15) is 5.26 Å². The smallest absolute Gasteiger partial charge is 0.363 e. The fourth-order valence-corrected chi connectivity index (χ4v) is 6.39. The van der Waals surface area contributed by atoms with Crippen molar-refractivity contribution in [3.05, 3.63) is 65.7 Å². The van der Waals surface area contributed by atoms with E-state index in [0.717, 1.165) is 16.7 Å². The van der Waals surface area contributed by atoms with Gasteiger partial charge in [-0.25, -0.2) is 9.59 Å². The van der Waals surface area contributed by atoms with Crippen LogP contribution in [0.25, 0.3) is 0 Å². The number of hydrogen-bond acceptors (Lipinski definition) is 10. The first-order valence-electron chi connectivity index (χ1n) is 11.2. The standard InChI is InChI=1S/C24H26N4O8S/c1-23(2)24(22(33)34,27-16(21(32)36-35)13-6-4-3-5-7-13)28-19(31)17(20(28)37-23)26-18(30)15(25)12-8-10-14(29)11-9-12/h3-11,15-17,20,27,29,35H,25H2,1-2H3,(H,26,30)(H,33,34)/t15-,16?,17-,20-,24+/m1/s1. The molecule has 13 heteroatoms. The molecule has 1 unspecified atom stereocenters. The Bertz CT molecular complexity index is 1230. The molecule has 2 fully saturated rings. The Labute approximate surface area is 215 Å². The Hall–Kier alpha value is -3.65. The second kappa shape index (κ2) is 9.67. The van der Waals surface area contributed by atoms with Crippen LogP contribution in [0.1, 0.15) is 37.1 Å². The molecule has 37 heavy (non-hydrogen) atoms. The third kappa shape index (κ3) is 4.29. The van der Waals surface area contributed by atoms with Crippen LogP contribution in [0.2, 0.25) is 0 Å². The molecule has 0 bridgehead atoms. The van der Waals surface area contributed by atoms with Crippen molar-refractivity contribution in [1.82, 2.24) is 15.5 Å². The topological polar surface area (TPSA) is 192 Å². The predicted octanol–water partition coefficient (Wildman–Crippen LogP) is 0.699. The Kier molecular flexibility index (Phi) is 6.90. The van der Waals surface area contributed by atoms with Crippen molar-refractivity contribution in [2.75, 3.05) is 0 Å². The number of aromatic hydroxyl groups is 1. The van der Waals surface area contributed by atoms with Crippen molar-refractivity contribution in [2.45, 2.75) is 47.8 Å². The molecule has 2 heterocycles. The lowest BCUT2D eigenvalue weighted by molar-refractivity contribution is -0.238. The van der Waals surface area contributed by atoms with Crippen molar-refractivity contribution in [1.29, 1.82) is 0 Å². The number of carbonyl (C=O) groups is 4. The predicted molar refractivity (Wildman–Crippen MR) is 131 cm³/mol. The molecule has 0 spiro atoms. The number of β-lactam (4-membered cyclic amide) rings is 1. The monoisotopic (exact) mass is 530 g/mol. The molecule has 0 aliphatic carbocycles. The Morgan fingerprint density at radius 3 is 2.27 bits per heavy atom. The highest BCUT2D eigenvalue weighted by molar-refractivity contribution is 8.01. The number of nitrogens with two attached hydrogens (primary N) is 1. The highest BCUT2D eigenvalue weighted by Crippen LogP contribution is 2.56. The Morgan fingerprint density at radius 2 is 1.70 bits per heavy atom. The molecule has 5 atom stereocenters. The van der Waals surface area contributed by atoms with E-state index in [1.807, 2.05) is 0 Å². The summed E-state index contributed by atoms with van der Waals surface area (Å²) >= 11 is 1.13. The van der Waals surface area contributed by atoms with Crippen molar-refractivity contribution >= 4 is 35.5 Å². The number of thioether (sulfide) groups is 1. The largest absolute Gasteiger partial charge is 0.508 e. The van der Waals surface area contributed by atoms with Crippen molar-refractivity contribution < 1.29 is 39.5 Å². The minimum atomic E-state index is -2.10. The summed E-state index contributed by atoms with van der Waals surface area (Å²) in [7, 11) is 0. The number of carboxylic acids is 1. The fraction of sp³-hybridized carbons (Fsp3) is 0.333. The maximum atomic E-state index is 13.3. The third-order valence-electron chi connectivity index (χ3n) is 6.64. The van der Waals surface area contributed by atoms with E-state index in [1.165, 1.54) is 24.3 Å². The molecule has 12 nitrogen and oxygen atoms in total. The van der Waals surface area contributed by atoms with Gasteiger partial charge in [0.2, 0.25) is 11.6 Å². The van der Waals surface area contributed by atoms with Gasteiger partial charge in [0.15, 0.2) is 0 Å². The van der Waals surface area contributed by atoms with Crippen LogP contribution in [-0.2, 0) is 24.1 Å². The number of carboxylic acid groups (broad SMARTS) is 1. The Morgan fingerprint density at radius 1 is 1.08 bits per heavy atom. The van der Waals surface area contributed by atoms with Gasteiger partial charge in [0.1, 0.15) is 29.2 Å². The van der Waals surface area contributed by atoms with Gasteiger partial charge >= 0.3 is 11.9 Å². The lowest BCUT2D eigenvalue weighted by Crippen LogP contribution is -2.80. The highest BCUT2D eigenvalue weighted by Gasteiger charge is 2.74. The summed E-state index contributed by atoms with van der Waals surface area (Å²) in [6.45, 7) is 3.19. The van der Waals surface area contributed by atoms with E-state index in [-0.39, 0.29) is 5.75 Å². The second-order valence-corrected chi connectivity index (χ2v) is 10.9. The first-order valence-corrected chi connectivity index (χ1v) is 12.1. The number of benzene rings is 2. The Balaban J connectivity index is 1.62.